The number of amides is 2. The SMILES string of the molecule is CCCCCCCCC1(CCCCCCCC)c2cc(-c3ccc(-c4ccccc4)s3)ccc2-c2ccc(-c3ccc(-c4ccc(N5C(=O)C=CC5=O)cc4)s3)cc21. The second-order valence-electron chi connectivity index (χ2n) is 16.2. The Balaban J connectivity index is 1.14. The van der Waals surface area contributed by atoms with Gasteiger partial charge in [-0.05, 0) is 106 Å². The highest BCUT2D eigenvalue weighted by atomic mass is 32.1. The molecule has 0 spiro atoms. The molecular weight excluding hydrogens is 747 g/mol. The van der Waals surface area contributed by atoms with Gasteiger partial charge in [-0.15, -0.1) is 22.7 Å². The highest BCUT2D eigenvalue weighted by Crippen LogP contribution is 2.56. The highest BCUT2D eigenvalue weighted by molar-refractivity contribution is 7.19. The third-order valence-electron chi connectivity index (χ3n) is 12.3. The van der Waals surface area contributed by atoms with Crippen LogP contribution in [0.5, 0.6) is 0 Å². The molecule has 0 saturated carbocycles. The van der Waals surface area contributed by atoms with Crippen molar-refractivity contribution in [2.75, 3.05) is 4.90 Å². The van der Waals surface area contributed by atoms with E-state index in [9.17, 15) is 9.59 Å². The van der Waals surface area contributed by atoms with Gasteiger partial charge in [-0.3, -0.25) is 9.59 Å². The van der Waals surface area contributed by atoms with Crippen molar-refractivity contribution in [3.05, 3.63) is 139 Å². The highest BCUT2D eigenvalue weighted by Gasteiger charge is 2.42. The molecule has 4 aromatic carbocycles. The lowest BCUT2D eigenvalue weighted by molar-refractivity contribution is -0.119. The monoisotopic (exact) mass is 801 g/mol. The maximum atomic E-state index is 12.3. The van der Waals surface area contributed by atoms with Gasteiger partial charge < -0.3 is 0 Å². The van der Waals surface area contributed by atoms with Crippen molar-refractivity contribution in [2.24, 2.45) is 0 Å². The van der Waals surface area contributed by atoms with E-state index in [1.54, 1.807) is 0 Å². The van der Waals surface area contributed by atoms with E-state index >= 15 is 0 Å². The molecule has 0 bridgehead atoms. The Morgan fingerprint density at radius 3 is 1.34 bits per heavy atom. The number of carbonyl (C=O) groups excluding carboxylic acids is 2. The lowest BCUT2D eigenvalue weighted by Crippen LogP contribution is -2.29. The summed E-state index contributed by atoms with van der Waals surface area (Å²) in [6.07, 6.45) is 20.6. The Hall–Kier alpha value is -4.84. The number of carbonyl (C=O) groups is 2. The number of thiophene rings is 2. The summed E-state index contributed by atoms with van der Waals surface area (Å²) in [5.41, 5.74) is 11.4. The summed E-state index contributed by atoms with van der Waals surface area (Å²) in [5, 5.41) is 0. The number of anilines is 1. The van der Waals surface area contributed by atoms with Gasteiger partial charge in [0.15, 0.2) is 0 Å². The molecule has 2 aliphatic rings. The van der Waals surface area contributed by atoms with Crippen LogP contribution in [-0.4, -0.2) is 11.8 Å². The third kappa shape index (κ3) is 8.35. The van der Waals surface area contributed by atoms with Crippen molar-refractivity contribution in [3.8, 4) is 52.9 Å². The predicted molar refractivity (Wildman–Crippen MR) is 248 cm³/mol. The minimum absolute atomic E-state index is 0.0268. The quantitative estimate of drug-likeness (QED) is 0.0604. The molecule has 6 aromatic rings. The van der Waals surface area contributed by atoms with Crippen LogP contribution in [0.3, 0.4) is 0 Å². The zero-order chi connectivity index (χ0) is 39.9. The molecule has 3 heterocycles. The van der Waals surface area contributed by atoms with E-state index in [1.807, 2.05) is 46.9 Å². The third-order valence-corrected chi connectivity index (χ3v) is 14.7. The van der Waals surface area contributed by atoms with Crippen LogP contribution in [0.1, 0.15) is 115 Å². The van der Waals surface area contributed by atoms with Gasteiger partial charge in [0.2, 0.25) is 0 Å². The second kappa shape index (κ2) is 18.4. The molecule has 1 aliphatic heterocycles. The average molecular weight is 802 g/mol. The van der Waals surface area contributed by atoms with Crippen LogP contribution in [-0.2, 0) is 15.0 Å². The smallest absolute Gasteiger partial charge is 0.258 e. The van der Waals surface area contributed by atoms with Crippen LogP contribution in [0.25, 0.3) is 52.9 Å². The molecule has 1 aliphatic carbocycles. The maximum Gasteiger partial charge on any atom is 0.258 e. The zero-order valence-electron chi connectivity index (χ0n) is 34.1. The molecule has 3 nitrogen and oxygen atoms in total. The van der Waals surface area contributed by atoms with E-state index in [-0.39, 0.29) is 17.2 Å². The summed E-state index contributed by atoms with van der Waals surface area (Å²) in [7, 11) is 0. The van der Waals surface area contributed by atoms with Gasteiger partial charge in [-0.2, -0.15) is 0 Å². The van der Waals surface area contributed by atoms with Gasteiger partial charge >= 0.3 is 0 Å². The fraction of sp³-hybridized carbons (Fsp3) is 0.321. The molecule has 296 valence electrons. The summed E-state index contributed by atoms with van der Waals surface area (Å²) in [6.45, 7) is 4.61. The van der Waals surface area contributed by atoms with Crippen molar-refractivity contribution in [2.45, 2.75) is 109 Å². The van der Waals surface area contributed by atoms with Crippen LogP contribution >= 0.6 is 22.7 Å². The first-order valence-corrected chi connectivity index (χ1v) is 23.3. The number of nitrogens with zero attached hydrogens (tertiary/aromatic N) is 1. The van der Waals surface area contributed by atoms with Gasteiger partial charge in [0, 0.05) is 37.1 Å². The molecule has 2 aromatic heterocycles. The van der Waals surface area contributed by atoms with E-state index < -0.39 is 0 Å². The summed E-state index contributed by atoms with van der Waals surface area (Å²) < 4.78 is 0. The minimum atomic E-state index is -0.293. The van der Waals surface area contributed by atoms with Crippen LogP contribution in [0.4, 0.5) is 5.69 Å². The van der Waals surface area contributed by atoms with Gasteiger partial charge in [0.1, 0.15) is 0 Å². The predicted octanol–water partition coefficient (Wildman–Crippen LogP) is 15.7. The number of imide groups is 1. The van der Waals surface area contributed by atoms with Gasteiger partial charge in [0.05, 0.1) is 5.69 Å². The molecule has 5 heteroatoms. The van der Waals surface area contributed by atoms with Crippen molar-refractivity contribution < 1.29 is 9.59 Å². The maximum absolute atomic E-state index is 12.3. The lowest BCUT2D eigenvalue weighted by atomic mass is 9.70. The standard InChI is InChI=1S/C53H55NO2S2/c1-3-5-7-9-11-16-34-53(35-17-12-10-8-6-4-2)45-36-40(49-30-28-47(57-49)38-18-14-13-15-19-38)22-26-43(45)44-27-23-41(37-46(44)53)50-31-29-48(58-50)39-20-24-42(25-21-39)54-51(55)32-33-52(54)56/h13-15,18-33,36-37H,3-12,16-17,34-35H2,1-2H3. The fourth-order valence-electron chi connectivity index (χ4n) is 9.21. The molecule has 2 amide bonds. The Bertz CT molecular complexity index is 2350. The van der Waals surface area contributed by atoms with Crippen LogP contribution < -0.4 is 4.90 Å². The molecule has 0 saturated heterocycles. The Kier molecular flexibility index (Phi) is 12.7. The van der Waals surface area contributed by atoms with E-state index in [2.05, 4.69) is 105 Å². The first kappa shape index (κ1) is 40.0. The van der Waals surface area contributed by atoms with Crippen molar-refractivity contribution >= 4 is 40.2 Å². The number of fused-ring (bicyclic) bond motifs is 3. The van der Waals surface area contributed by atoms with Crippen molar-refractivity contribution in [3.63, 3.8) is 0 Å². The number of unbranched alkanes of at least 4 members (excludes halogenated alkanes) is 10. The topological polar surface area (TPSA) is 37.4 Å². The molecule has 0 N–H and O–H groups in total. The molecule has 58 heavy (non-hydrogen) atoms. The number of benzene rings is 4. The molecule has 0 radical (unpaired) electrons. The molecular formula is C53H55NO2S2. The van der Waals surface area contributed by atoms with E-state index in [1.165, 1.54) is 165 Å². The number of hydrogen-bond acceptors (Lipinski definition) is 4. The molecule has 0 atom stereocenters. The summed E-state index contributed by atoms with van der Waals surface area (Å²) in [6, 6.07) is 42.3. The minimum Gasteiger partial charge on any atom is -0.269 e. The second-order valence-corrected chi connectivity index (χ2v) is 18.4. The lowest BCUT2D eigenvalue weighted by Gasteiger charge is -2.33. The molecule has 0 unspecified atom stereocenters. The molecule has 8 rings (SSSR count). The van der Waals surface area contributed by atoms with Gasteiger partial charge in [-0.1, -0.05) is 158 Å². The van der Waals surface area contributed by atoms with Crippen LogP contribution in [0.2, 0.25) is 0 Å². The van der Waals surface area contributed by atoms with E-state index in [0.717, 1.165) is 5.56 Å². The first-order valence-electron chi connectivity index (χ1n) is 21.7. The number of rotatable bonds is 19. The van der Waals surface area contributed by atoms with Crippen LogP contribution in [0, 0.1) is 0 Å². The summed E-state index contributed by atoms with van der Waals surface area (Å²) >= 11 is 3.71. The van der Waals surface area contributed by atoms with Crippen molar-refractivity contribution in [1.82, 2.24) is 0 Å². The first-order chi connectivity index (χ1) is 28.5. The fourth-order valence-corrected chi connectivity index (χ4v) is 11.2. The Labute approximate surface area is 353 Å². The average Bonchev–Trinajstić information content (AvgIpc) is 4.07. The molecule has 0 fully saturated rings. The Morgan fingerprint density at radius 1 is 0.448 bits per heavy atom. The largest absolute Gasteiger partial charge is 0.269 e. The zero-order valence-corrected chi connectivity index (χ0v) is 35.7. The van der Waals surface area contributed by atoms with Crippen molar-refractivity contribution in [1.29, 1.82) is 0 Å². The number of hydrogen-bond donors (Lipinski definition) is 0. The summed E-state index contributed by atoms with van der Waals surface area (Å²) in [5.74, 6) is -0.585. The van der Waals surface area contributed by atoms with E-state index in [4.69, 9.17) is 0 Å². The van der Waals surface area contributed by atoms with Crippen LogP contribution in [0.15, 0.2) is 127 Å². The van der Waals surface area contributed by atoms with Gasteiger partial charge in [-0.25, -0.2) is 4.90 Å². The Morgan fingerprint density at radius 2 is 0.862 bits per heavy atom. The van der Waals surface area contributed by atoms with Gasteiger partial charge in [0.25, 0.3) is 11.8 Å². The van der Waals surface area contributed by atoms with E-state index in [0.29, 0.717) is 5.69 Å². The summed E-state index contributed by atoms with van der Waals surface area (Å²) in [4.78, 5) is 30.8. The normalized spacial score (nSPS) is 14.1.